The number of thiophene rings is 1. The van der Waals surface area contributed by atoms with E-state index in [1.54, 1.807) is 22.7 Å². The van der Waals surface area contributed by atoms with E-state index in [0.29, 0.717) is 0 Å². The van der Waals surface area contributed by atoms with Crippen molar-refractivity contribution < 1.29 is 0 Å². The number of nitrogens with two attached hydrogens (primary N) is 1. The summed E-state index contributed by atoms with van der Waals surface area (Å²) in [4.78, 5) is 5.26. The summed E-state index contributed by atoms with van der Waals surface area (Å²) in [5.41, 5.74) is 9.12. The zero-order valence-electron chi connectivity index (χ0n) is 7.61. The van der Waals surface area contributed by atoms with Crippen molar-refractivity contribution in [2.75, 3.05) is 0 Å². The molecule has 2 N–H and O–H groups in total. The van der Waals surface area contributed by atoms with E-state index < -0.39 is 0 Å². The van der Waals surface area contributed by atoms with Gasteiger partial charge in [-0.25, -0.2) is 0 Å². The maximum atomic E-state index is 6.14. The van der Waals surface area contributed by atoms with Gasteiger partial charge in [-0.2, -0.15) is 0 Å². The van der Waals surface area contributed by atoms with Gasteiger partial charge in [0.1, 0.15) is 0 Å². The molecule has 0 radical (unpaired) electrons. The number of nitrogens with zero attached hydrogens (tertiary/aromatic N) is 1. The van der Waals surface area contributed by atoms with Crippen molar-refractivity contribution in [2.24, 2.45) is 5.73 Å². The van der Waals surface area contributed by atoms with Gasteiger partial charge in [0.15, 0.2) is 0 Å². The number of thiazole rings is 1. The van der Waals surface area contributed by atoms with Crippen molar-refractivity contribution in [3.8, 4) is 0 Å². The summed E-state index contributed by atoms with van der Waals surface area (Å²) in [6.45, 7) is 0. The van der Waals surface area contributed by atoms with Crippen LogP contribution in [0.2, 0.25) is 0 Å². The number of hydrogen-bond acceptors (Lipinski definition) is 4. The van der Waals surface area contributed by atoms with Crippen LogP contribution in [0.15, 0.2) is 25.3 Å². The Morgan fingerprint density at radius 1 is 1.47 bits per heavy atom. The molecule has 1 atom stereocenters. The Morgan fingerprint density at radius 2 is 2.27 bits per heavy atom. The molecule has 0 aromatic carbocycles. The van der Waals surface area contributed by atoms with E-state index >= 15 is 0 Å². The number of halogens is 2. The van der Waals surface area contributed by atoms with Gasteiger partial charge in [-0.3, -0.25) is 4.98 Å². The third-order valence-corrected chi connectivity index (χ3v) is 5.17. The van der Waals surface area contributed by atoms with E-state index in [1.807, 2.05) is 11.7 Å². The first-order valence-electron chi connectivity index (χ1n) is 4.24. The van der Waals surface area contributed by atoms with E-state index in [2.05, 4.69) is 42.9 Å². The van der Waals surface area contributed by atoms with Crippen molar-refractivity contribution in [3.63, 3.8) is 0 Å². The third kappa shape index (κ3) is 2.88. The Bertz CT molecular complexity index is 439. The maximum absolute atomic E-state index is 6.14. The molecule has 0 spiro atoms. The quantitative estimate of drug-likeness (QED) is 0.891. The van der Waals surface area contributed by atoms with Gasteiger partial charge in [0.2, 0.25) is 0 Å². The Kier molecular flexibility index (Phi) is 3.95. The Hall–Kier alpha value is 0.250. The fraction of sp³-hybridized carbons (Fsp3) is 0.222. The molecule has 0 aliphatic heterocycles. The van der Waals surface area contributed by atoms with Crippen LogP contribution >= 0.6 is 54.5 Å². The third-order valence-electron chi connectivity index (χ3n) is 1.99. The maximum Gasteiger partial charge on any atom is 0.0794 e. The molecule has 2 aromatic heterocycles. The summed E-state index contributed by atoms with van der Waals surface area (Å²) in [5, 5.41) is 0. The lowest BCUT2D eigenvalue weighted by molar-refractivity contribution is 0.729. The first-order valence-corrected chi connectivity index (χ1v) is 7.52. The highest BCUT2D eigenvalue weighted by molar-refractivity contribution is 9.12. The predicted molar refractivity (Wildman–Crippen MR) is 72.5 cm³/mol. The van der Waals surface area contributed by atoms with Gasteiger partial charge in [-0.05, 0) is 43.5 Å². The van der Waals surface area contributed by atoms with Crippen LogP contribution in [0.25, 0.3) is 0 Å². The normalized spacial score (nSPS) is 13.0. The minimum Gasteiger partial charge on any atom is -0.324 e. The van der Waals surface area contributed by atoms with Crippen LogP contribution < -0.4 is 5.73 Å². The number of aromatic nitrogens is 1. The summed E-state index contributed by atoms with van der Waals surface area (Å²) >= 11 is 10.3. The Labute approximate surface area is 113 Å². The van der Waals surface area contributed by atoms with E-state index in [0.717, 1.165) is 19.6 Å². The molecule has 15 heavy (non-hydrogen) atoms. The van der Waals surface area contributed by atoms with E-state index in [9.17, 15) is 0 Å². The van der Waals surface area contributed by atoms with Gasteiger partial charge in [0.25, 0.3) is 0 Å². The smallest absolute Gasteiger partial charge is 0.0794 e. The van der Waals surface area contributed by atoms with Gasteiger partial charge in [-0.15, -0.1) is 22.7 Å². The summed E-state index contributed by atoms with van der Waals surface area (Å²) in [6.07, 6.45) is 2.71. The first-order chi connectivity index (χ1) is 7.16. The van der Waals surface area contributed by atoms with Crippen LogP contribution in [-0.2, 0) is 6.42 Å². The molecule has 2 rings (SSSR count). The average Bonchev–Trinajstić information content (AvgIpc) is 2.75. The van der Waals surface area contributed by atoms with Gasteiger partial charge in [0.05, 0.1) is 13.1 Å². The Balaban J connectivity index is 2.14. The molecule has 0 bridgehead atoms. The minimum atomic E-state index is 0.0300. The predicted octanol–water partition coefficient (Wildman–Crippen LogP) is 3.97. The standard InChI is InChI=1S/C9H8Br2N2S2/c10-8-2-6(9(11)15-8)7(12)1-5-3-13-4-14-5/h2-4,7H,1,12H2. The molecule has 2 heterocycles. The van der Waals surface area contributed by atoms with Gasteiger partial charge in [0, 0.05) is 23.5 Å². The van der Waals surface area contributed by atoms with Crippen LogP contribution in [0, 0.1) is 0 Å². The van der Waals surface area contributed by atoms with Crippen LogP contribution in [0.5, 0.6) is 0 Å². The molecule has 2 nitrogen and oxygen atoms in total. The average molecular weight is 368 g/mol. The van der Waals surface area contributed by atoms with Gasteiger partial charge >= 0.3 is 0 Å². The topological polar surface area (TPSA) is 38.9 Å². The highest BCUT2D eigenvalue weighted by Gasteiger charge is 2.14. The molecule has 0 amide bonds. The fourth-order valence-electron chi connectivity index (χ4n) is 1.28. The van der Waals surface area contributed by atoms with Crippen LogP contribution in [-0.4, -0.2) is 4.98 Å². The summed E-state index contributed by atoms with van der Waals surface area (Å²) < 4.78 is 2.20. The molecule has 1 unspecified atom stereocenters. The van der Waals surface area contributed by atoms with Crippen LogP contribution in [0.4, 0.5) is 0 Å². The van der Waals surface area contributed by atoms with Crippen molar-refractivity contribution in [3.05, 3.63) is 35.8 Å². The highest BCUT2D eigenvalue weighted by Crippen LogP contribution is 2.35. The first kappa shape index (κ1) is 11.7. The number of rotatable bonds is 3. The molecule has 2 aromatic rings. The monoisotopic (exact) mass is 366 g/mol. The van der Waals surface area contributed by atoms with Crippen molar-refractivity contribution in [1.29, 1.82) is 0 Å². The molecule has 80 valence electrons. The van der Waals surface area contributed by atoms with E-state index in [4.69, 9.17) is 5.73 Å². The van der Waals surface area contributed by atoms with Crippen LogP contribution in [0.3, 0.4) is 0 Å². The van der Waals surface area contributed by atoms with Crippen LogP contribution in [0.1, 0.15) is 16.5 Å². The minimum absolute atomic E-state index is 0.0300. The highest BCUT2D eigenvalue weighted by atomic mass is 79.9. The van der Waals surface area contributed by atoms with Gasteiger partial charge in [-0.1, -0.05) is 0 Å². The van der Waals surface area contributed by atoms with E-state index in [-0.39, 0.29) is 6.04 Å². The molecule has 0 fully saturated rings. The molecular weight excluding hydrogens is 360 g/mol. The second-order valence-corrected chi connectivity index (χ2v) is 7.78. The van der Waals surface area contributed by atoms with Gasteiger partial charge < -0.3 is 5.73 Å². The molecule has 0 aliphatic carbocycles. The molecule has 0 saturated heterocycles. The molecular formula is C9H8Br2N2S2. The second kappa shape index (κ2) is 5.05. The lowest BCUT2D eigenvalue weighted by Crippen LogP contribution is -2.12. The Morgan fingerprint density at radius 3 is 2.80 bits per heavy atom. The lowest BCUT2D eigenvalue weighted by Gasteiger charge is -2.08. The SMILES string of the molecule is NC(Cc1cncs1)c1cc(Br)sc1Br. The number of hydrogen-bond donors (Lipinski definition) is 1. The van der Waals surface area contributed by atoms with Crippen molar-refractivity contribution in [1.82, 2.24) is 4.98 Å². The van der Waals surface area contributed by atoms with Crippen molar-refractivity contribution in [2.45, 2.75) is 12.5 Å². The molecule has 0 aliphatic rings. The fourth-order valence-corrected chi connectivity index (χ4v) is 4.93. The molecule has 6 heteroatoms. The summed E-state index contributed by atoms with van der Waals surface area (Å²) in [7, 11) is 0. The van der Waals surface area contributed by atoms with E-state index in [1.165, 1.54) is 4.88 Å². The zero-order chi connectivity index (χ0) is 10.8. The molecule has 0 saturated carbocycles. The summed E-state index contributed by atoms with van der Waals surface area (Å²) in [6, 6.07) is 2.10. The van der Waals surface area contributed by atoms with Crippen molar-refractivity contribution >= 4 is 54.5 Å². The zero-order valence-corrected chi connectivity index (χ0v) is 12.4. The lowest BCUT2D eigenvalue weighted by atomic mass is 10.1. The summed E-state index contributed by atoms with van der Waals surface area (Å²) in [5.74, 6) is 0. The largest absolute Gasteiger partial charge is 0.324 e. The second-order valence-electron chi connectivity index (χ2n) is 3.06.